The largest absolute Gasteiger partial charge is 0.491 e. The Bertz CT molecular complexity index is 740. The quantitative estimate of drug-likeness (QED) is 0.319. The molecule has 6 nitrogen and oxygen atoms in total. The summed E-state index contributed by atoms with van der Waals surface area (Å²) in [7, 11) is 1.61. The molecule has 0 heterocycles. The van der Waals surface area contributed by atoms with Crippen LogP contribution in [0, 0.1) is 0 Å². The average molecular weight is 357 g/mol. The first-order valence-electron chi connectivity index (χ1n) is 8.26. The smallest absolute Gasteiger partial charge is 0.330 e. The van der Waals surface area contributed by atoms with Crippen molar-refractivity contribution in [1.82, 2.24) is 0 Å². The number of benzene rings is 2. The lowest BCUT2D eigenvalue weighted by Crippen LogP contribution is -2.04. The van der Waals surface area contributed by atoms with Gasteiger partial charge in [0.05, 0.1) is 13.2 Å². The summed E-state index contributed by atoms with van der Waals surface area (Å²) in [5.41, 5.74) is 7.07. The van der Waals surface area contributed by atoms with Gasteiger partial charge < -0.3 is 24.7 Å². The van der Waals surface area contributed by atoms with Crippen LogP contribution >= 0.6 is 0 Å². The number of ether oxygens (including phenoxy) is 4. The average Bonchev–Trinajstić information content (AvgIpc) is 2.63. The van der Waals surface area contributed by atoms with E-state index >= 15 is 0 Å². The van der Waals surface area contributed by atoms with Crippen LogP contribution in [0.2, 0.25) is 0 Å². The monoisotopic (exact) mass is 357 g/mol. The third-order valence-electron chi connectivity index (χ3n) is 3.33. The molecule has 0 aliphatic rings. The standard InChI is InChI=1S/C20H23NO5/c1-3-24-20(22)11-5-15-4-8-18(25-13-12-23-2)14-19(15)26-17-9-6-16(21)7-10-17/h4-11,14H,3,12-13,21H2,1-2H3. The molecule has 0 saturated heterocycles. The van der Waals surface area contributed by atoms with E-state index in [-0.39, 0.29) is 0 Å². The van der Waals surface area contributed by atoms with Crippen LogP contribution in [0.4, 0.5) is 5.69 Å². The lowest BCUT2D eigenvalue weighted by Gasteiger charge is -2.12. The molecular weight excluding hydrogens is 334 g/mol. The van der Waals surface area contributed by atoms with Gasteiger partial charge in [0, 0.05) is 30.5 Å². The van der Waals surface area contributed by atoms with Gasteiger partial charge in [0.15, 0.2) is 0 Å². The molecule has 0 saturated carbocycles. The van der Waals surface area contributed by atoms with Crippen molar-refractivity contribution in [2.75, 3.05) is 32.7 Å². The topological polar surface area (TPSA) is 80.0 Å². The van der Waals surface area contributed by atoms with Crippen molar-refractivity contribution < 1.29 is 23.7 Å². The summed E-state index contributed by atoms with van der Waals surface area (Å²) < 4.78 is 21.4. The fraction of sp³-hybridized carbons (Fsp3) is 0.250. The predicted octanol–water partition coefficient (Wildman–Crippen LogP) is 3.66. The maximum Gasteiger partial charge on any atom is 0.330 e. The molecule has 0 spiro atoms. The zero-order valence-electron chi connectivity index (χ0n) is 14.9. The Labute approximate surface area is 153 Å². The van der Waals surface area contributed by atoms with E-state index in [0.29, 0.717) is 48.3 Å². The van der Waals surface area contributed by atoms with Crippen LogP contribution in [-0.2, 0) is 14.3 Å². The van der Waals surface area contributed by atoms with Crippen LogP contribution in [-0.4, -0.2) is 32.9 Å². The van der Waals surface area contributed by atoms with E-state index in [4.69, 9.17) is 24.7 Å². The van der Waals surface area contributed by atoms with Gasteiger partial charge in [-0.05, 0) is 49.4 Å². The first-order chi connectivity index (χ1) is 12.6. The van der Waals surface area contributed by atoms with E-state index in [2.05, 4.69) is 0 Å². The van der Waals surface area contributed by atoms with E-state index in [9.17, 15) is 4.79 Å². The van der Waals surface area contributed by atoms with Crippen molar-refractivity contribution in [1.29, 1.82) is 0 Å². The van der Waals surface area contributed by atoms with Crippen molar-refractivity contribution in [2.45, 2.75) is 6.92 Å². The molecule has 0 unspecified atom stereocenters. The number of methoxy groups -OCH3 is 1. The highest BCUT2D eigenvalue weighted by Gasteiger charge is 2.07. The maximum atomic E-state index is 11.6. The molecule has 0 radical (unpaired) electrons. The highest BCUT2D eigenvalue weighted by Crippen LogP contribution is 2.31. The van der Waals surface area contributed by atoms with Gasteiger partial charge in [-0.15, -0.1) is 0 Å². The van der Waals surface area contributed by atoms with Crippen LogP contribution < -0.4 is 15.2 Å². The number of esters is 1. The van der Waals surface area contributed by atoms with Gasteiger partial charge in [-0.1, -0.05) is 0 Å². The van der Waals surface area contributed by atoms with Crippen molar-refractivity contribution >= 4 is 17.7 Å². The first-order valence-corrected chi connectivity index (χ1v) is 8.26. The molecule has 138 valence electrons. The van der Waals surface area contributed by atoms with Crippen molar-refractivity contribution in [3.63, 3.8) is 0 Å². The van der Waals surface area contributed by atoms with Crippen molar-refractivity contribution in [2.24, 2.45) is 0 Å². The summed E-state index contributed by atoms with van der Waals surface area (Å²) in [5, 5.41) is 0. The fourth-order valence-corrected chi connectivity index (χ4v) is 2.08. The number of anilines is 1. The number of rotatable bonds is 9. The van der Waals surface area contributed by atoms with E-state index in [0.717, 1.165) is 0 Å². The van der Waals surface area contributed by atoms with E-state index < -0.39 is 5.97 Å². The molecule has 0 aromatic heterocycles. The fourth-order valence-electron chi connectivity index (χ4n) is 2.08. The lowest BCUT2D eigenvalue weighted by molar-refractivity contribution is -0.137. The lowest BCUT2D eigenvalue weighted by atomic mass is 10.1. The van der Waals surface area contributed by atoms with E-state index in [1.165, 1.54) is 6.08 Å². The molecular formula is C20H23NO5. The molecule has 0 atom stereocenters. The minimum absolute atomic E-state index is 0.324. The van der Waals surface area contributed by atoms with Crippen LogP contribution in [0.5, 0.6) is 17.2 Å². The third-order valence-corrected chi connectivity index (χ3v) is 3.33. The minimum Gasteiger partial charge on any atom is -0.491 e. The zero-order chi connectivity index (χ0) is 18.8. The zero-order valence-corrected chi connectivity index (χ0v) is 14.9. The SMILES string of the molecule is CCOC(=O)C=Cc1ccc(OCCOC)cc1Oc1ccc(N)cc1. The summed E-state index contributed by atoms with van der Waals surface area (Å²) in [5.74, 6) is 1.40. The van der Waals surface area contributed by atoms with Gasteiger partial charge in [0.1, 0.15) is 23.9 Å². The molecule has 6 heteroatoms. The van der Waals surface area contributed by atoms with Gasteiger partial charge in [0.2, 0.25) is 0 Å². The Balaban J connectivity index is 2.24. The second-order valence-corrected chi connectivity index (χ2v) is 5.30. The Kier molecular flexibility index (Phi) is 7.51. The molecule has 26 heavy (non-hydrogen) atoms. The molecule has 0 aliphatic heterocycles. The highest BCUT2D eigenvalue weighted by atomic mass is 16.5. The molecule has 2 rings (SSSR count). The number of hydrogen-bond acceptors (Lipinski definition) is 6. The Hall–Kier alpha value is -2.99. The normalized spacial score (nSPS) is 10.7. The number of hydrogen-bond donors (Lipinski definition) is 1. The summed E-state index contributed by atoms with van der Waals surface area (Å²) in [4.78, 5) is 11.6. The van der Waals surface area contributed by atoms with Gasteiger partial charge >= 0.3 is 5.97 Å². The van der Waals surface area contributed by atoms with E-state index in [1.807, 2.05) is 6.07 Å². The third kappa shape index (κ3) is 6.14. The van der Waals surface area contributed by atoms with Gasteiger partial charge in [-0.25, -0.2) is 4.79 Å². The van der Waals surface area contributed by atoms with Gasteiger partial charge in [-0.2, -0.15) is 0 Å². The summed E-state index contributed by atoms with van der Waals surface area (Å²) in [6.07, 6.45) is 3.00. The molecule has 2 aromatic rings. The molecule has 2 N–H and O–H groups in total. The summed E-state index contributed by atoms with van der Waals surface area (Å²) in [6.45, 7) is 2.99. The van der Waals surface area contributed by atoms with Gasteiger partial charge in [-0.3, -0.25) is 0 Å². The number of carbonyl (C=O) groups is 1. The van der Waals surface area contributed by atoms with Crippen LogP contribution in [0.3, 0.4) is 0 Å². The molecule has 0 bridgehead atoms. The minimum atomic E-state index is -0.411. The summed E-state index contributed by atoms with van der Waals surface area (Å²) in [6, 6.07) is 12.4. The second-order valence-electron chi connectivity index (χ2n) is 5.30. The van der Waals surface area contributed by atoms with Crippen molar-refractivity contribution in [3.8, 4) is 17.2 Å². The first kappa shape index (κ1) is 19.3. The molecule has 0 amide bonds. The summed E-state index contributed by atoms with van der Waals surface area (Å²) >= 11 is 0. The second kappa shape index (κ2) is 10.1. The Morgan fingerprint density at radius 2 is 1.81 bits per heavy atom. The van der Waals surface area contributed by atoms with Crippen molar-refractivity contribution in [3.05, 3.63) is 54.1 Å². The Morgan fingerprint density at radius 3 is 2.50 bits per heavy atom. The maximum absolute atomic E-state index is 11.6. The molecule has 0 fully saturated rings. The van der Waals surface area contributed by atoms with Crippen LogP contribution in [0.25, 0.3) is 6.08 Å². The van der Waals surface area contributed by atoms with Gasteiger partial charge in [0.25, 0.3) is 0 Å². The molecule has 2 aromatic carbocycles. The van der Waals surface area contributed by atoms with E-state index in [1.54, 1.807) is 56.5 Å². The highest BCUT2D eigenvalue weighted by molar-refractivity contribution is 5.87. The number of nitrogen functional groups attached to an aromatic ring is 1. The number of nitrogens with two attached hydrogens (primary N) is 1. The van der Waals surface area contributed by atoms with Crippen LogP contribution in [0.1, 0.15) is 12.5 Å². The van der Waals surface area contributed by atoms with Crippen LogP contribution in [0.15, 0.2) is 48.5 Å². The molecule has 0 aliphatic carbocycles. The Morgan fingerprint density at radius 1 is 1.08 bits per heavy atom. The predicted molar refractivity (Wildman–Crippen MR) is 100 cm³/mol. The number of carbonyl (C=O) groups excluding carboxylic acids is 1.